The average molecular weight is 441 g/mol. The number of hydrogen-bond acceptors (Lipinski definition) is 5. The van der Waals surface area contributed by atoms with Crippen LogP contribution in [-0.4, -0.2) is 63.8 Å². The van der Waals surface area contributed by atoms with Gasteiger partial charge in [-0.2, -0.15) is 13.2 Å². The van der Waals surface area contributed by atoms with Gasteiger partial charge in [-0.3, -0.25) is 9.79 Å². The van der Waals surface area contributed by atoms with Crippen molar-refractivity contribution in [3.05, 3.63) is 29.0 Å². The first kappa shape index (κ1) is 20.6. The molecule has 1 atom stereocenters. The molecule has 0 spiro atoms. The van der Waals surface area contributed by atoms with Crippen LogP contribution in [0.5, 0.6) is 0 Å². The highest BCUT2D eigenvalue weighted by Gasteiger charge is 2.45. The maximum atomic E-state index is 12.6. The number of H-pyrrole nitrogens is 1. The third kappa shape index (κ3) is 3.88. The lowest BCUT2D eigenvalue weighted by Gasteiger charge is -2.37. The molecule has 1 saturated heterocycles. The molecule has 11 heteroatoms. The van der Waals surface area contributed by atoms with Crippen molar-refractivity contribution in [3.8, 4) is 0 Å². The molecule has 1 amide bonds. The molecule has 2 aliphatic heterocycles. The first-order valence-corrected chi connectivity index (χ1v) is 9.93. The number of aliphatic imine (C=N–C) groups is 2. The van der Waals surface area contributed by atoms with Gasteiger partial charge in [0.2, 0.25) is 5.91 Å². The van der Waals surface area contributed by atoms with Gasteiger partial charge in [0, 0.05) is 42.9 Å². The molecule has 1 fully saturated rings. The third-order valence-corrected chi connectivity index (χ3v) is 5.67. The summed E-state index contributed by atoms with van der Waals surface area (Å²) in [7, 11) is 0. The molecule has 2 aromatic rings. The topological polar surface area (TPSA) is 85.7 Å². The minimum atomic E-state index is -4.46. The number of amides is 1. The third-order valence-electron chi connectivity index (χ3n) is 5.46. The molecular weight excluding hydrogens is 421 g/mol. The van der Waals surface area contributed by atoms with Gasteiger partial charge in [0.25, 0.3) is 0 Å². The van der Waals surface area contributed by atoms with Gasteiger partial charge in [0.1, 0.15) is 23.6 Å². The quantitative estimate of drug-likeness (QED) is 0.768. The Morgan fingerprint density at radius 3 is 3.00 bits per heavy atom. The van der Waals surface area contributed by atoms with Crippen molar-refractivity contribution in [1.29, 1.82) is 0 Å². The summed E-state index contributed by atoms with van der Waals surface area (Å²) in [6, 6.07) is 1.77. The van der Waals surface area contributed by atoms with Gasteiger partial charge in [-0.05, 0) is 25.8 Å². The van der Waals surface area contributed by atoms with Crippen LogP contribution in [0.25, 0.3) is 11.0 Å². The number of carbonyl (C=O) groups is 1. The molecule has 0 aliphatic carbocycles. The summed E-state index contributed by atoms with van der Waals surface area (Å²) in [4.78, 5) is 30.9. The van der Waals surface area contributed by atoms with Crippen LogP contribution in [0.15, 0.2) is 28.4 Å². The Balaban J connectivity index is 1.61. The Bertz CT molecular complexity index is 1050. The molecule has 0 aromatic carbocycles. The van der Waals surface area contributed by atoms with Gasteiger partial charge < -0.3 is 15.2 Å². The molecule has 0 unspecified atom stereocenters. The number of fused-ring (bicyclic) bond motifs is 1. The van der Waals surface area contributed by atoms with Crippen LogP contribution in [0.4, 0.5) is 13.2 Å². The fourth-order valence-corrected chi connectivity index (χ4v) is 4.12. The predicted molar refractivity (Wildman–Crippen MR) is 108 cm³/mol. The van der Waals surface area contributed by atoms with E-state index in [0.717, 1.165) is 10.9 Å². The molecule has 2 aromatic heterocycles. The number of pyridine rings is 1. The number of nitrogens with one attached hydrogen (secondary N) is 2. The number of carbonyl (C=O) groups excluding carboxylic acids is 1. The van der Waals surface area contributed by atoms with Gasteiger partial charge in [0.05, 0.1) is 5.02 Å². The number of likely N-dealkylation sites (tertiary alicyclic amines) is 1. The number of aromatic nitrogens is 2. The largest absolute Gasteiger partial charge is 0.405 e. The highest BCUT2D eigenvalue weighted by atomic mass is 35.5. The number of nitrogens with zero attached hydrogens (tertiary/aromatic N) is 4. The first-order chi connectivity index (χ1) is 14.2. The second kappa shape index (κ2) is 7.57. The molecule has 4 heterocycles. The second-order valence-electron chi connectivity index (χ2n) is 7.56. The molecule has 2 N–H and O–H groups in total. The van der Waals surface area contributed by atoms with E-state index in [0.29, 0.717) is 54.7 Å². The highest BCUT2D eigenvalue weighted by Crippen LogP contribution is 2.32. The monoisotopic (exact) mass is 440 g/mol. The summed E-state index contributed by atoms with van der Waals surface area (Å²) in [5.41, 5.74) is 0.300. The molecule has 7 nitrogen and oxygen atoms in total. The van der Waals surface area contributed by atoms with E-state index < -0.39 is 24.2 Å². The second-order valence-corrected chi connectivity index (χ2v) is 8.00. The highest BCUT2D eigenvalue weighted by molar-refractivity contribution is 6.31. The van der Waals surface area contributed by atoms with E-state index in [-0.39, 0.29) is 0 Å². The average Bonchev–Trinajstić information content (AvgIpc) is 3.29. The smallest absolute Gasteiger partial charge is 0.345 e. The predicted octanol–water partition coefficient (Wildman–Crippen LogP) is 3.30. The van der Waals surface area contributed by atoms with Crippen molar-refractivity contribution in [2.75, 3.05) is 19.6 Å². The van der Waals surface area contributed by atoms with E-state index in [4.69, 9.17) is 11.6 Å². The maximum Gasteiger partial charge on any atom is 0.405 e. The number of hydrogen-bond donors (Lipinski definition) is 2. The zero-order valence-corrected chi connectivity index (χ0v) is 16.9. The van der Waals surface area contributed by atoms with Crippen LogP contribution in [0.3, 0.4) is 0 Å². The van der Waals surface area contributed by atoms with Crippen LogP contribution in [-0.2, 0) is 4.79 Å². The molecule has 2 aliphatic rings. The van der Waals surface area contributed by atoms with Crippen molar-refractivity contribution in [3.63, 3.8) is 0 Å². The lowest BCUT2D eigenvalue weighted by atomic mass is 9.97. The van der Waals surface area contributed by atoms with Crippen molar-refractivity contribution in [1.82, 2.24) is 20.2 Å². The van der Waals surface area contributed by atoms with Crippen LogP contribution in [0, 0.1) is 0 Å². The number of aromatic amines is 1. The Kier molecular flexibility index (Phi) is 5.21. The fourth-order valence-electron chi connectivity index (χ4n) is 3.96. The Labute approximate surface area is 175 Å². The molecule has 0 bridgehead atoms. The Morgan fingerprint density at radius 2 is 2.23 bits per heavy atom. The normalized spacial score (nSPS) is 22.2. The lowest BCUT2D eigenvalue weighted by molar-refractivity contribution is -0.143. The van der Waals surface area contributed by atoms with E-state index in [2.05, 4.69) is 20.0 Å². The van der Waals surface area contributed by atoms with Gasteiger partial charge in [-0.1, -0.05) is 11.6 Å². The zero-order chi connectivity index (χ0) is 21.5. The minimum Gasteiger partial charge on any atom is -0.345 e. The number of alkyl halides is 3. The van der Waals surface area contributed by atoms with E-state index in [1.165, 1.54) is 6.20 Å². The van der Waals surface area contributed by atoms with E-state index >= 15 is 0 Å². The molecule has 0 radical (unpaired) electrons. The van der Waals surface area contributed by atoms with Crippen molar-refractivity contribution >= 4 is 40.2 Å². The lowest BCUT2D eigenvalue weighted by Crippen LogP contribution is -2.57. The van der Waals surface area contributed by atoms with Crippen molar-refractivity contribution in [2.24, 2.45) is 9.98 Å². The summed E-state index contributed by atoms with van der Waals surface area (Å²) < 4.78 is 37.7. The maximum absolute atomic E-state index is 12.6. The van der Waals surface area contributed by atoms with Gasteiger partial charge >= 0.3 is 6.18 Å². The molecule has 30 heavy (non-hydrogen) atoms. The van der Waals surface area contributed by atoms with Gasteiger partial charge in [-0.15, -0.1) is 0 Å². The molecule has 0 saturated carbocycles. The summed E-state index contributed by atoms with van der Waals surface area (Å²) in [6.07, 6.45) is 0.480. The molecular formula is C19H20ClF3N6O. The Hall–Kier alpha value is -2.62. The number of rotatable bonds is 3. The number of amidine groups is 2. The number of halogens is 4. The van der Waals surface area contributed by atoms with Crippen LogP contribution < -0.4 is 5.32 Å². The van der Waals surface area contributed by atoms with E-state index in [1.807, 2.05) is 10.2 Å². The van der Waals surface area contributed by atoms with E-state index in [9.17, 15) is 18.0 Å². The van der Waals surface area contributed by atoms with Crippen molar-refractivity contribution < 1.29 is 18.0 Å². The van der Waals surface area contributed by atoms with Crippen LogP contribution in [0.2, 0.25) is 5.02 Å². The standard InChI is InChI=1S/C19H20ClF3N6O/c1-18(17(30)27-10-19(21,22)23)4-2-6-29(18)14-3-5-24-16(28-14)13-9-26-15-12(13)7-11(20)8-25-15/h7-9H,2-6,10H2,1H3,(H,25,26)(H,27,30)/t18-/m0/s1. The summed E-state index contributed by atoms with van der Waals surface area (Å²) in [5.74, 6) is 0.482. The summed E-state index contributed by atoms with van der Waals surface area (Å²) in [5, 5.41) is 3.28. The van der Waals surface area contributed by atoms with E-state index in [1.54, 1.807) is 19.2 Å². The minimum absolute atomic E-state index is 0.453. The molecule has 4 rings (SSSR count). The fraction of sp³-hybridized carbons (Fsp3) is 0.474. The van der Waals surface area contributed by atoms with Gasteiger partial charge in [-0.25, -0.2) is 9.98 Å². The van der Waals surface area contributed by atoms with Gasteiger partial charge in [0.15, 0.2) is 5.84 Å². The van der Waals surface area contributed by atoms with Crippen LogP contribution >= 0.6 is 11.6 Å². The first-order valence-electron chi connectivity index (χ1n) is 9.55. The summed E-state index contributed by atoms with van der Waals surface area (Å²) >= 11 is 6.07. The van der Waals surface area contributed by atoms with Crippen molar-refractivity contribution in [2.45, 2.75) is 37.9 Å². The molecule has 160 valence electrons. The Morgan fingerprint density at radius 1 is 1.43 bits per heavy atom. The SMILES string of the molecule is C[C@@]1(C(=O)NCC(F)(F)F)CCCN1C1=NC(c2c[nH]c3ncc(Cl)cc23)=NCC1. The van der Waals surface area contributed by atoms with Crippen LogP contribution in [0.1, 0.15) is 31.7 Å². The summed E-state index contributed by atoms with van der Waals surface area (Å²) in [6.45, 7) is 1.32. The zero-order valence-electron chi connectivity index (χ0n) is 16.2.